The average Bonchev–Trinajstić information content (AvgIpc) is 2.16. The normalized spacial score (nSPS) is 25.9. The zero-order chi connectivity index (χ0) is 11.8. The van der Waals surface area contributed by atoms with Gasteiger partial charge in [-0.15, -0.1) is 0 Å². The summed E-state index contributed by atoms with van der Waals surface area (Å²) in [7, 11) is -3.09. The zero-order valence-electron chi connectivity index (χ0n) is 10.1. The summed E-state index contributed by atoms with van der Waals surface area (Å²) < 4.78 is 26.3. The lowest BCUT2D eigenvalue weighted by molar-refractivity contribution is 0.0955. The first kappa shape index (κ1) is 12.3. The van der Waals surface area contributed by atoms with Crippen LogP contribution in [0.5, 0.6) is 0 Å². The second kappa shape index (κ2) is 4.27. The first-order valence-electron chi connectivity index (χ1n) is 6.15. The highest BCUT2D eigenvalue weighted by molar-refractivity contribution is 7.90. The van der Waals surface area contributed by atoms with E-state index in [0.717, 1.165) is 38.8 Å². The van der Waals surface area contributed by atoms with Crippen molar-refractivity contribution >= 4 is 10.0 Å². The number of rotatable bonds is 3. The Kier molecular flexibility index (Phi) is 3.29. The van der Waals surface area contributed by atoms with E-state index in [-0.39, 0.29) is 11.3 Å². The minimum Gasteiger partial charge on any atom is -0.316 e. The van der Waals surface area contributed by atoms with Gasteiger partial charge in [-0.2, -0.15) is 0 Å². The summed E-state index contributed by atoms with van der Waals surface area (Å²) >= 11 is 0. The maximum absolute atomic E-state index is 11.7. The molecule has 0 unspecified atom stereocenters. The molecule has 94 valence electrons. The van der Waals surface area contributed by atoms with Crippen LogP contribution in [-0.2, 0) is 10.0 Å². The van der Waals surface area contributed by atoms with Crippen molar-refractivity contribution in [3.63, 3.8) is 0 Å². The molecule has 5 heteroatoms. The fourth-order valence-corrected chi connectivity index (χ4v) is 3.52. The molecule has 0 amide bonds. The fraction of sp³-hybridized carbons (Fsp3) is 1.00. The van der Waals surface area contributed by atoms with Crippen LogP contribution in [0.25, 0.3) is 0 Å². The van der Waals surface area contributed by atoms with E-state index in [4.69, 9.17) is 0 Å². The topological polar surface area (TPSA) is 58.2 Å². The van der Waals surface area contributed by atoms with Gasteiger partial charge in [-0.3, -0.25) is 0 Å². The van der Waals surface area contributed by atoms with Crippen LogP contribution < -0.4 is 10.0 Å². The van der Waals surface area contributed by atoms with Gasteiger partial charge in [0.15, 0.2) is 0 Å². The van der Waals surface area contributed by atoms with Crippen LogP contribution in [-0.4, -0.2) is 32.8 Å². The molecule has 2 fully saturated rings. The van der Waals surface area contributed by atoms with Gasteiger partial charge in [-0.25, -0.2) is 13.1 Å². The van der Waals surface area contributed by atoms with E-state index in [9.17, 15) is 8.42 Å². The number of sulfonamides is 1. The van der Waals surface area contributed by atoms with Crippen LogP contribution in [0, 0.1) is 5.41 Å². The number of nitrogens with one attached hydrogen (secondary N) is 2. The van der Waals surface area contributed by atoms with E-state index in [2.05, 4.69) is 10.0 Å². The molecule has 0 aromatic heterocycles. The highest BCUT2D eigenvalue weighted by atomic mass is 32.2. The largest absolute Gasteiger partial charge is 0.316 e. The maximum atomic E-state index is 11.7. The van der Waals surface area contributed by atoms with Gasteiger partial charge >= 0.3 is 0 Å². The molecule has 0 atom stereocenters. The minimum atomic E-state index is -3.09. The van der Waals surface area contributed by atoms with Gasteiger partial charge in [-0.05, 0) is 44.9 Å². The Morgan fingerprint density at radius 2 is 1.81 bits per heavy atom. The molecular formula is C11H22N2O2S. The smallest absolute Gasteiger partial charge is 0.214 e. The third kappa shape index (κ3) is 2.41. The number of hydrogen-bond donors (Lipinski definition) is 2. The molecular weight excluding hydrogens is 224 g/mol. The van der Waals surface area contributed by atoms with Crippen LogP contribution >= 0.6 is 0 Å². The van der Waals surface area contributed by atoms with Gasteiger partial charge in [0.05, 0.1) is 5.25 Å². The highest BCUT2D eigenvalue weighted by Gasteiger charge is 2.40. The van der Waals surface area contributed by atoms with E-state index >= 15 is 0 Å². The highest BCUT2D eigenvalue weighted by Crippen LogP contribution is 2.39. The molecule has 2 aliphatic rings. The quantitative estimate of drug-likeness (QED) is 0.776. The van der Waals surface area contributed by atoms with Crippen LogP contribution in [0.1, 0.15) is 39.5 Å². The van der Waals surface area contributed by atoms with Crippen LogP contribution in [0.15, 0.2) is 0 Å². The molecule has 4 nitrogen and oxygen atoms in total. The summed E-state index contributed by atoms with van der Waals surface area (Å²) in [6, 6.07) is 0.165. The monoisotopic (exact) mass is 246 g/mol. The second-order valence-corrected chi connectivity index (χ2v) is 7.86. The lowest BCUT2D eigenvalue weighted by Crippen LogP contribution is -2.56. The summed E-state index contributed by atoms with van der Waals surface area (Å²) in [6.45, 7) is 5.69. The summed E-state index contributed by atoms with van der Waals surface area (Å²) in [6.07, 6.45) is 4.30. The van der Waals surface area contributed by atoms with Crippen molar-refractivity contribution < 1.29 is 8.42 Å². The Hall–Kier alpha value is -0.130. The lowest BCUT2D eigenvalue weighted by atomic mass is 9.69. The molecule has 2 rings (SSSR count). The fourth-order valence-electron chi connectivity index (χ4n) is 2.55. The molecule has 0 aromatic rings. The summed E-state index contributed by atoms with van der Waals surface area (Å²) in [5.74, 6) is 0. The molecule has 1 spiro atoms. The molecule has 1 saturated heterocycles. The minimum absolute atomic E-state index is 0.165. The first-order chi connectivity index (χ1) is 7.44. The third-order valence-electron chi connectivity index (χ3n) is 4.00. The lowest BCUT2D eigenvalue weighted by Gasteiger charge is -2.47. The van der Waals surface area contributed by atoms with Crippen molar-refractivity contribution in [2.24, 2.45) is 5.41 Å². The SMILES string of the molecule is CC(C)S(=O)(=O)NC1CCC2(CC1)CNC2. The van der Waals surface area contributed by atoms with Crippen molar-refractivity contribution in [1.82, 2.24) is 10.0 Å². The summed E-state index contributed by atoms with van der Waals surface area (Å²) in [5.41, 5.74) is 0.500. The summed E-state index contributed by atoms with van der Waals surface area (Å²) in [4.78, 5) is 0. The maximum Gasteiger partial charge on any atom is 0.214 e. The number of hydrogen-bond acceptors (Lipinski definition) is 3. The molecule has 1 aliphatic carbocycles. The molecule has 2 N–H and O–H groups in total. The Balaban J connectivity index is 1.85. The molecule has 0 bridgehead atoms. The van der Waals surface area contributed by atoms with Gasteiger partial charge in [-0.1, -0.05) is 0 Å². The van der Waals surface area contributed by atoms with E-state index in [1.54, 1.807) is 13.8 Å². The molecule has 0 radical (unpaired) electrons. The standard InChI is InChI=1S/C11H22N2O2S/c1-9(2)16(14,15)13-10-3-5-11(6-4-10)7-12-8-11/h9-10,12-13H,3-8H2,1-2H3. The second-order valence-electron chi connectivity index (χ2n) is 5.59. The molecule has 1 saturated carbocycles. The van der Waals surface area contributed by atoms with Gasteiger partial charge < -0.3 is 5.32 Å². The Labute approximate surface area is 98.2 Å². The molecule has 16 heavy (non-hydrogen) atoms. The van der Waals surface area contributed by atoms with Gasteiger partial charge in [0.2, 0.25) is 10.0 Å². The molecule has 0 aromatic carbocycles. The van der Waals surface area contributed by atoms with E-state index in [1.165, 1.54) is 0 Å². The van der Waals surface area contributed by atoms with Gasteiger partial charge in [0, 0.05) is 19.1 Å². The zero-order valence-corrected chi connectivity index (χ0v) is 10.9. The van der Waals surface area contributed by atoms with Crippen LogP contribution in [0.2, 0.25) is 0 Å². The predicted octanol–water partition coefficient (Wildman–Crippen LogP) is 0.846. The van der Waals surface area contributed by atoms with Crippen molar-refractivity contribution in [3.05, 3.63) is 0 Å². The first-order valence-corrected chi connectivity index (χ1v) is 7.70. The van der Waals surface area contributed by atoms with Crippen molar-refractivity contribution in [3.8, 4) is 0 Å². The van der Waals surface area contributed by atoms with Gasteiger partial charge in [0.1, 0.15) is 0 Å². The van der Waals surface area contributed by atoms with Crippen LogP contribution in [0.4, 0.5) is 0 Å². The van der Waals surface area contributed by atoms with Crippen molar-refractivity contribution in [2.75, 3.05) is 13.1 Å². The predicted molar refractivity (Wildman–Crippen MR) is 64.8 cm³/mol. The van der Waals surface area contributed by atoms with Crippen molar-refractivity contribution in [2.45, 2.75) is 50.8 Å². The molecule has 1 heterocycles. The summed E-state index contributed by atoms with van der Waals surface area (Å²) in [5, 5.41) is 2.99. The van der Waals surface area contributed by atoms with Crippen LogP contribution in [0.3, 0.4) is 0 Å². The van der Waals surface area contributed by atoms with E-state index in [1.807, 2.05) is 0 Å². The van der Waals surface area contributed by atoms with E-state index < -0.39 is 10.0 Å². The average molecular weight is 246 g/mol. The third-order valence-corrected chi connectivity index (χ3v) is 5.90. The Bertz CT molecular complexity index is 337. The van der Waals surface area contributed by atoms with Gasteiger partial charge in [0.25, 0.3) is 0 Å². The molecule has 1 aliphatic heterocycles. The Morgan fingerprint density at radius 3 is 2.19 bits per heavy atom. The van der Waals surface area contributed by atoms with E-state index in [0.29, 0.717) is 5.41 Å². The van der Waals surface area contributed by atoms with Crippen molar-refractivity contribution in [1.29, 1.82) is 0 Å². The Morgan fingerprint density at radius 1 is 1.25 bits per heavy atom.